The third-order valence-corrected chi connectivity index (χ3v) is 4.92. The molecule has 4 heterocycles. The predicted molar refractivity (Wildman–Crippen MR) is 87.3 cm³/mol. The standard InChI is InChI=1S/C18H23N3O2/c1-13-4-5-16(7-20-13)22-11-14-12-23-18-10-21(9-17(14)18)8-15-3-2-6-19-15/h2-7,14,17-19H,8-12H2,1H3/t14-,17+,18+/m1/s1. The van der Waals surface area contributed by atoms with Crippen LogP contribution < -0.4 is 4.74 Å². The number of aromatic nitrogens is 2. The van der Waals surface area contributed by atoms with E-state index in [0.717, 1.165) is 37.7 Å². The summed E-state index contributed by atoms with van der Waals surface area (Å²) in [6.45, 7) is 6.58. The number of hydrogen-bond acceptors (Lipinski definition) is 4. The van der Waals surface area contributed by atoms with Gasteiger partial charge >= 0.3 is 0 Å². The molecule has 2 aliphatic rings. The number of likely N-dealkylation sites (tertiary alicyclic amines) is 1. The molecule has 0 amide bonds. The second-order valence-corrected chi connectivity index (χ2v) is 6.63. The fourth-order valence-corrected chi connectivity index (χ4v) is 3.63. The molecule has 23 heavy (non-hydrogen) atoms. The van der Waals surface area contributed by atoms with E-state index in [0.29, 0.717) is 24.5 Å². The fourth-order valence-electron chi connectivity index (χ4n) is 3.63. The Bertz CT molecular complexity index is 626. The summed E-state index contributed by atoms with van der Waals surface area (Å²) in [5.74, 6) is 1.89. The first-order chi connectivity index (χ1) is 11.3. The zero-order valence-corrected chi connectivity index (χ0v) is 13.4. The number of rotatable bonds is 5. The Kier molecular flexibility index (Phi) is 4.06. The van der Waals surface area contributed by atoms with E-state index in [9.17, 15) is 0 Å². The Morgan fingerprint density at radius 1 is 1.35 bits per heavy atom. The molecule has 5 nitrogen and oxygen atoms in total. The molecule has 0 saturated carbocycles. The van der Waals surface area contributed by atoms with Crippen LogP contribution in [0.5, 0.6) is 5.75 Å². The van der Waals surface area contributed by atoms with Gasteiger partial charge in [-0.2, -0.15) is 0 Å². The SMILES string of the molecule is Cc1ccc(OC[C@@H]2CO[C@H]3CN(Cc4ccc[nH]4)C[C@@H]23)cn1. The van der Waals surface area contributed by atoms with E-state index < -0.39 is 0 Å². The Morgan fingerprint density at radius 3 is 3.09 bits per heavy atom. The minimum atomic E-state index is 0.356. The molecule has 2 saturated heterocycles. The molecule has 0 aliphatic carbocycles. The molecule has 3 atom stereocenters. The van der Waals surface area contributed by atoms with Crippen molar-refractivity contribution < 1.29 is 9.47 Å². The van der Waals surface area contributed by atoms with E-state index in [-0.39, 0.29) is 0 Å². The van der Waals surface area contributed by atoms with Crippen LogP contribution in [0.15, 0.2) is 36.7 Å². The van der Waals surface area contributed by atoms with E-state index in [1.165, 1.54) is 5.69 Å². The largest absolute Gasteiger partial charge is 0.492 e. The number of nitrogens with zero attached hydrogens (tertiary/aromatic N) is 2. The van der Waals surface area contributed by atoms with Gasteiger partial charge in [0.2, 0.25) is 0 Å². The Hall–Kier alpha value is -1.85. The van der Waals surface area contributed by atoms with Crippen molar-refractivity contribution in [3.8, 4) is 5.75 Å². The number of fused-ring (bicyclic) bond motifs is 1. The predicted octanol–water partition coefficient (Wildman–Crippen LogP) is 2.24. The van der Waals surface area contributed by atoms with Gasteiger partial charge in [0, 0.05) is 49.1 Å². The molecular formula is C18H23N3O2. The van der Waals surface area contributed by atoms with Crippen molar-refractivity contribution in [1.82, 2.24) is 14.9 Å². The van der Waals surface area contributed by atoms with Crippen LogP contribution >= 0.6 is 0 Å². The third kappa shape index (κ3) is 3.26. The van der Waals surface area contributed by atoms with Gasteiger partial charge in [-0.25, -0.2) is 0 Å². The molecule has 0 unspecified atom stereocenters. The molecule has 0 bridgehead atoms. The molecule has 4 rings (SSSR count). The Labute approximate surface area is 136 Å². The summed E-state index contributed by atoms with van der Waals surface area (Å²) in [4.78, 5) is 10.0. The normalized spacial score (nSPS) is 27.3. The molecule has 1 N–H and O–H groups in total. The van der Waals surface area contributed by atoms with Crippen molar-refractivity contribution in [2.45, 2.75) is 19.6 Å². The Morgan fingerprint density at radius 2 is 2.30 bits per heavy atom. The first kappa shape index (κ1) is 14.7. The lowest BCUT2D eigenvalue weighted by Crippen LogP contribution is -2.26. The minimum Gasteiger partial charge on any atom is -0.492 e. The molecule has 2 aromatic rings. The van der Waals surface area contributed by atoms with Gasteiger partial charge in [-0.1, -0.05) is 0 Å². The highest BCUT2D eigenvalue weighted by Crippen LogP contribution is 2.34. The summed E-state index contributed by atoms with van der Waals surface area (Å²) in [5.41, 5.74) is 2.28. The summed E-state index contributed by atoms with van der Waals surface area (Å²) in [6.07, 6.45) is 4.14. The van der Waals surface area contributed by atoms with Gasteiger partial charge in [0.25, 0.3) is 0 Å². The zero-order valence-electron chi connectivity index (χ0n) is 13.4. The van der Waals surface area contributed by atoms with Crippen LogP contribution in [0.1, 0.15) is 11.4 Å². The van der Waals surface area contributed by atoms with Crippen molar-refractivity contribution in [1.29, 1.82) is 0 Å². The monoisotopic (exact) mass is 313 g/mol. The number of H-pyrrole nitrogens is 1. The number of hydrogen-bond donors (Lipinski definition) is 1. The van der Waals surface area contributed by atoms with Crippen LogP contribution in [-0.4, -0.2) is 47.3 Å². The smallest absolute Gasteiger partial charge is 0.137 e. The maximum Gasteiger partial charge on any atom is 0.137 e. The summed E-state index contributed by atoms with van der Waals surface area (Å²) < 4.78 is 11.9. The van der Waals surface area contributed by atoms with Crippen LogP contribution in [0.3, 0.4) is 0 Å². The maximum atomic E-state index is 6.00. The highest BCUT2D eigenvalue weighted by atomic mass is 16.5. The van der Waals surface area contributed by atoms with Crippen molar-refractivity contribution >= 4 is 0 Å². The van der Waals surface area contributed by atoms with E-state index in [1.54, 1.807) is 6.20 Å². The average Bonchev–Trinajstić information content (AvgIpc) is 3.25. The van der Waals surface area contributed by atoms with E-state index >= 15 is 0 Å². The lowest BCUT2D eigenvalue weighted by Gasteiger charge is -2.19. The number of pyridine rings is 1. The summed E-state index contributed by atoms with van der Waals surface area (Å²) in [6, 6.07) is 8.16. The van der Waals surface area contributed by atoms with Crippen molar-refractivity contribution in [2.24, 2.45) is 11.8 Å². The summed E-state index contributed by atoms with van der Waals surface area (Å²) in [7, 11) is 0. The second-order valence-electron chi connectivity index (χ2n) is 6.63. The molecule has 0 spiro atoms. The second kappa shape index (κ2) is 6.34. The molecular weight excluding hydrogens is 290 g/mol. The van der Waals surface area contributed by atoms with Gasteiger partial charge in [0.1, 0.15) is 5.75 Å². The number of nitrogens with one attached hydrogen (secondary N) is 1. The van der Waals surface area contributed by atoms with Gasteiger partial charge < -0.3 is 14.5 Å². The lowest BCUT2D eigenvalue weighted by molar-refractivity contribution is 0.0895. The molecule has 0 aromatic carbocycles. The molecule has 2 aromatic heterocycles. The van der Waals surface area contributed by atoms with E-state index in [4.69, 9.17) is 9.47 Å². The van der Waals surface area contributed by atoms with Crippen LogP contribution in [0.4, 0.5) is 0 Å². The van der Waals surface area contributed by atoms with Crippen LogP contribution in [0.25, 0.3) is 0 Å². The molecule has 122 valence electrons. The summed E-state index contributed by atoms with van der Waals surface area (Å²) >= 11 is 0. The minimum absolute atomic E-state index is 0.356. The number of aromatic amines is 1. The van der Waals surface area contributed by atoms with Gasteiger partial charge in [-0.15, -0.1) is 0 Å². The Balaban J connectivity index is 1.32. The molecule has 2 aliphatic heterocycles. The first-order valence-electron chi connectivity index (χ1n) is 8.29. The van der Waals surface area contributed by atoms with Crippen molar-refractivity contribution in [3.63, 3.8) is 0 Å². The third-order valence-electron chi connectivity index (χ3n) is 4.92. The van der Waals surface area contributed by atoms with Crippen LogP contribution in [0.2, 0.25) is 0 Å². The topological polar surface area (TPSA) is 50.4 Å². The molecule has 0 radical (unpaired) electrons. The molecule has 2 fully saturated rings. The van der Waals surface area contributed by atoms with Gasteiger partial charge in [0.05, 0.1) is 25.5 Å². The van der Waals surface area contributed by atoms with Gasteiger partial charge in [-0.3, -0.25) is 9.88 Å². The highest BCUT2D eigenvalue weighted by molar-refractivity contribution is 5.19. The van der Waals surface area contributed by atoms with Gasteiger partial charge in [0.15, 0.2) is 0 Å². The fraction of sp³-hybridized carbons (Fsp3) is 0.500. The quantitative estimate of drug-likeness (QED) is 0.920. The van der Waals surface area contributed by atoms with Crippen molar-refractivity contribution in [2.75, 3.05) is 26.3 Å². The average molecular weight is 313 g/mol. The number of ether oxygens (including phenoxy) is 2. The molecule has 5 heteroatoms. The first-order valence-corrected chi connectivity index (χ1v) is 8.29. The van der Waals surface area contributed by atoms with Crippen LogP contribution in [-0.2, 0) is 11.3 Å². The zero-order chi connectivity index (χ0) is 15.6. The van der Waals surface area contributed by atoms with E-state index in [2.05, 4.69) is 27.0 Å². The van der Waals surface area contributed by atoms with Crippen molar-refractivity contribution in [3.05, 3.63) is 48.0 Å². The van der Waals surface area contributed by atoms with E-state index in [1.807, 2.05) is 25.3 Å². The summed E-state index contributed by atoms with van der Waals surface area (Å²) in [5, 5.41) is 0. The van der Waals surface area contributed by atoms with Gasteiger partial charge in [-0.05, 0) is 31.2 Å². The van der Waals surface area contributed by atoms with Crippen LogP contribution in [0, 0.1) is 18.8 Å². The maximum absolute atomic E-state index is 6.00. The highest BCUT2D eigenvalue weighted by Gasteiger charge is 2.43. The lowest BCUT2D eigenvalue weighted by atomic mass is 9.94. The number of aryl methyl sites for hydroxylation is 1.